The molecule has 0 aliphatic carbocycles. The molecule has 0 spiro atoms. The van der Waals surface area contributed by atoms with E-state index in [9.17, 15) is 0 Å². The summed E-state index contributed by atoms with van der Waals surface area (Å²) < 4.78 is 0. The quantitative estimate of drug-likeness (QED) is 0.161. The molecule has 0 heterocycles. The van der Waals surface area contributed by atoms with Gasteiger partial charge in [-0.15, -0.1) is 0 Å². The molecule has 53 heavy (non-hydrogen) atoms. The number of hydrogen-bond acceptors (Lipinski definition) is 0. The number of aryl methyl sites for hydroxylation is 4. The molecule has 8 aromatic rings. The van der Waals surface area contributed by atoms with Gasteiger partial charge in [-0.25, -0.2) is 0 Å². The molecule has 0 N–H and O–H groups in total. The second-order valence-electron chi connectivity index (χ2n) is 17.5. The first kappa shape index (κ1) is 34.9. The Kier molecular flexibility index (Phi) is 8.38. The molecule has 0 bridgehead atoms. The van der Waals surface area contributed by atoms with Crippen LogP contribution in [0.4, 0.5) is 0 Å². The van der Waals surface area contributed by atoms with Gasteiger partial charge in [0.15, 0.2) is 0 Å². The highest BCUT2D eigenvalue weighted by atomic mass is 14.3. The summed E-state index contributed by atoms with van der Waals surface area (Å²) in [6, 6.07) is 46.2. The van der Waals surface area contributed by atoms with Crippen LogP contribution in [-0.4, -0.2) is 0 Å². The fourth-order valence-corrected chi connectivity index (χ4v) is 9.12. The lowest BCUT2D eigenvalue weighted by Crippen LogP contribution is -2.12. The second-order valence-corrected chi connectivity index (χ2v) is 17.5. The number of rotatable bonds is 4. The van der Waals surface area contributed by atoms with Crippen molar-refractivity contribution in [2.75, 3.05) is 0 Å². The molecule has 8 aromatic carbocycles. The van der Waals surface area contributed by atoms with E-state index >= 15 is 0 Å². The van der Waals surface area contributed by atoms with Crippen molar-refractivity contribution >= 4 is 43.1 Å². The van der Waals surface area contributed by atoms with Gasteiger partial charge in [-0.3, -0.25) is 0 Å². The average Bonchev–Trinajstić information content (AvgIpc) is 3.11. The molecule has 0 amide bonds. The first-order valence-corrected chi connectivity index (χ1v) is 19.3. The molecule has 8 rings (SSSR count). The highest BCUT2D eigenvalue weighted by Crippen LogP contribution is 2.47. The first-order valence-electron chi connectivity index (χ1n) is 19.3. The van der Waals surface area contributed by atoms with Gasteiger partial charge in [0.1, 0.15) is 0 Å². The molecule has 0 radical (unpaired) electrons. The van der Waals surface area contributed by atoms with E-state index in [2.05, 4.69) is 191 Å². The van der Waals surface area contributed by atoms with Crippen molar-refractivity contribution in [1.29, 1.82) is 0 Å². The van der Waals surface area contributed by atoms with Crippen molar-refractivity contribution in [1.82, 2.24) is 0 Å². The average molecular weight is 689 g/mol. The summed E-state index contributed by atoms with van der Waals surface area (Å²) in [7, 11) is 0. The third-order valence-corrected chi connectivity index (χ3v) is 11.7. The Morgan fingerprint density at radius 1 is 0.321 bits per heavy atom. The van der Waals surface area contributed by atoms with Crippen LogP contribution in [0.1, 0.15) is 86.1 Å². The van der Waals surface area contributed by atoms with Crippen molar-refractivity contribution in [3.8, 4) is 22.3 Å². The summed E-state index contributed by atoms with van der Waals surface area (Å²) in [4.78, 5) is 0. The van der Waals surface area contributed by atoms with Crippen LogP contribution in [0.15, 0.2) is 121 Å². The lowest BCUT2D eigenvalue weighted by molar-refractivity contribution is 0.589. The Morgan fingerprint density at radius 3 is 0.774 bits per heavy atom. The maximum Gasteiger partial charge on any atom is -0.000110 e. The third-order valence-electron chi connectivity index (χ3n) is 11.7. The van der Waals surface area contributed by atoms with Crippen LogP contribution in [0, 0.1) is 27.7 Å². The molecule has 0 heteroatoms. The van der Waals surface area contributed by atoms with E-state index in [4.69, 9.17) is 0 Å². The standard InChI is InChI=1S/C53H52/c1-32-27-36(52(5,6)7)28-33(2)48(32)50-42-23-15-11-19-38(42)46(39-20-12-16-24-43(39)50)31-47-40-21-13-17-25-44(40)51(45-26-18-14-22-41(45)47)49-34(3)29-37(30-35(49)4)53(8,9)10/h11-30H,31H2,1-10H3. The van der Waals surface area contributed by atoms with Crippen LogP contribution in [0.2, 0.25) is 0 Å². The van der Waals surface area contributed by atoms with Gasteiger partial charge in [-0.05, 0) is 155 Å². The maximum atomic E-state index is 2.42. The lowest BCUT2D eigenvalue weighted by atomic mass is 9.79. The molecule has 0 aliphatic rings. The summed E-state index contributed by atoms with van der Waals surface area (Å²) in [6.45, 7) is 23.1. The molecule has 0 unspecified atom stereocenters. The number of hydrogen-bond donors (Lipinski definition) is 0. The Balaban J connectivity index is 1.42. The van der Waals surface area contributed by atoms with Crippen LogP contribution in [0.3, 0.4) is 0 Å². The van der Waals surface area contributed by atoms with E-state index in [0.717, 1.165) is 6.42 Å². The Labute approximate surface area is 316 Å². The summed E-state index contributed by atoms with van der Waals surface area (Å²) in [6.07, 6.45) is 0.838. The van der Waals surface area contributed by atoms with E-state index < -0.39 is 0 Å². The van der Waals surface area contributed by atoms with Gasteiger partial charge < -0.3 is 0 Å². The Morgan fingerprint density at radius 2 is 0.547 bits per heavy atom. The molecule has 0 atom stereocenters. The van der Waals surface area contributed by atoms with Crippen molar-refractivity contribution in [3.05, 3.63) is 166 Å². The molecule has 0 saturated carbocycles. The maximum absolute atomic E-state index is 2.42. The third kappa shape index (κ3) is 5.84. The van der Waals surface area contributed by atoms with Gasteiger partial charge >= 0.3 is 0 Å². The van der Waals surface area contributed by atoms with Crippen molar-refractivity contribution in [2.24, 2.45) is 0 Å². The van der Waals surface area contributed by atoms with Crippen molar-refractivity contribution in [2.45, 2.75) is 86.5 Å². The minimum atomic E-state index is 0.0937. The summed E-state index contributed by atoms with van der Waals surface area (Å²) in [5.74, 6) is 0. The van der Waals surface area contributed by atoms with Crippen LogP contribution in [0.25, 0.3) is 65.3 Å². The Hall–Kier alpha value is -5.20. The van der Waals surface area contributed by atoms with Gasteiger partial charge in [-0.1, -0.05) is 163 Å². The molecular formula is C53H52. The summed E-state index contributed by atoms with van der Waals surface area (Å²) in [5.41, 5.74) is 16.5. The van der Waals surface area contributed by atoms with Crippen LogP contribution in [-0.2, 0) is 17.3 Å². The van der Waals surface area contributed by atoms with Gasteiger partial charge in [0.2, 0.25) is 0 Å². The van der Waals surface area contributed by atoms with Crippen LogP contribution >= 0.6 is 0 Å². The second kappa shape index (κ2) is 12.7. The largest absolute Gasteiger partial charge is 0.0616 e. The smallest absolute Gasteiger partial charge is 0.000110 e. The summed E-state index contributed by atoms with van der Waals surface area (Å²) in [5, 5.41) is 10.6. The predicted molar refractivity (Wildman–Crippen MR) is 233 cm³/mol. The highest BCUT2D eigenvalue weighted by Gasteiger charge is 2.24. The normalized spacial score (nSPS) is 12.4. The first-order chi connectivity index (χ1) is 25.2. The fraction of sp³-hybridized carbons (Fsp3) is 0.245. The molecule has 264 valence electrons. The van der Waals surface area contributed by atoms with E-state index in [1.54, 1.807) is 0 Å². The van der Waals surface area contributed by atoms with Crippen molar-refractivity contribution in [3.63, 3.8) is 0 Å². The van der Waals surface area contributed by atoms with Gasteiger partial charge in [-0.2, -0.15) is 0 Å². The zero-order valence-electron chi connectivity index (χ0n) is 33.3. The van der Waals surface area contributed by atoms with Gasteiger partial charge in [0, 0.05) is 0 Å². The zero-order valence-corrected chi connectivity index (χ0v) is 33.3. The molecule has 0 fully saturated rings. The number of benzene rings is 8. The number of fused-ring (bicyclic) bond motifs is 4. The predicted octanol–water partition coefficient (Wildman–Crippen LogP) is 15.1. The monoisotopic (exact) mass is 688 g/mol. The molecule has 0 aromatic heterocycles. The highest BCUT2D eigenvalue weighted by molar-refractivity contribution is 6.18. The minimum Gasteiger partial charge on any atom is -0.0616 e. The van der Waals surface area contributed by atoms with Crippen LogP contribution in [0.5, 0.6) is 0 Å². The SMILES string of the molecule is Cc1cc(C(C)(C)C)cc(C)c1-c1c2ccccc2c(Cc2c3ccccc3c(-c3c(C)cc(C(C)(C)C)cc3C)c3ccccc23)c2ccccc12. The van der Waals surface area contributed by atoms with Gasteiger partial charge in [0.05, 0.1) is 0 Å². The van der Waals surface area contributed by atoms with E-state index in [1.165, 1.54) is 110 Å². The molecule has 0 nitrogen and oxygen atoms in total. The van der Waals surface area contributed by atoms with Crippen LogP contribution < -0.4 is 0 Å². The van der Waals surface area contributed by atoms with Crippen molar-refractivity contribution < 1.29 is 0 Å². The summed E-state index contributed by atoms with van der Waals surface area (Å²) >= 11 is 0. The fourth-order valence-electron chi connectivity index (χ4n) is 9.12. The van der Waals surface area contributed by atoms with E-state index in [0.29, 0.717) is 0 Å². The van der Waals surface area contributed by atoms with Gasteiger partial charge in [0.25, 0.3) is 0 Å². The molecule has 0 aliphatic heterocycles. The topological polar surface area (TPSA) is 0 Å². The van der Waals surface area contributed by atoms with E-state index in [-0.39, 0.29) is 10.8 Å². The molecule has 0 saturated heterocycles. The lowest BCUT2D eigenvalue weighted by Gasteiger charge is -2.25. The molecular weight excluding hydrogens is 637 g/mol. The minimum absolute atomic E-state index is 0.0937. The Bertz CT molecular complexity index is 2390. The zero-order chi connectivity index (χ0) is 37.4. The van der Waals surface area contributed by atoms with E-state index in [1.807, 2.05) is 0 Å².